The third-order valence-corrected chi connectivity index (χ3v) is 4.77. The summed E-state index contributed by atoms with van der Waals surface area (Å²) in [6, 6.07) is 18.2. The van der Waals surface area contributed by atoms with E-state index in [0.717, 1.165) is 24.3 Å². The SMILES string of the molecule is Oc1ccc2c(c1)OC1CC[n+]3c(ccc4ccccc43)C1=C2. The summed E-state index contributed by atoms with van der Waals surface area (Å²) >= 11 is 0. The molecule has 5 rings (SSSR count). The van der Waals surface area contributed by atoms with Gasteiger partial charge in [0.1, 0.15) is 17.6 Å². The van der Waals surface area contributed by atoms with Gasteiger partial charge in [-0.25, -0.2) is 0 Å². The average Bonchev–Trinajstić information content (AvgIpc) is 2.59. The van der Waals surface area contributed by atoms with Gasteiger partial charge in [-0.05, 0) is 30.3 Å². The van der Waals surface area contributed by atoms with Gasteiger partial charge in [0.15, 0.2) is 6.54 Å². The number of phenolic OH excluding ortho intramolecular Hbond substituents is 1. The summed E-state index contributed by atoms with van der Waals surface area (Å²) < 4.78 is 8.53. The third-order valence-electron chi connectivity index (χ3n) is 4.77. The lowest BCUT2D eigenvalue weighted by molar-refractivity contribution is -0.678. The van der Waals surface area contributed by atoms with E-state index in [0.29, 0.717) is 0 Å². The Balaban J connectivity index is 1.74. The number of hydrogen-bond donors (Lipinski definition) is 1. The van der Waals surface area contributed by atoms with Crippen LogP contribution >= 0.6 is 0 Å². The minimum absolute atomic E-state index is 0.0606. The summed E-state index contributed by atoms with van der Waals surface area (Å²) in [4.78, 5) is 0. The molecule has 2 aliphatic rings. The molecule has 0 bridgehead atoms. The Morgan fingerprint density at radius 3 is 2.91 bits per heavy atom. The van der Waals surface area contributed by atoms with Crippen molar-refractivity contribution < 1.29 is 14.4 Å². The van der Waals surface area contributed by atoms with Gasteiger partial charge < -0.3 is 9.84 Å². The Labute approximate surface area is 134 Å². The first-order valence-corrected chi connectivity index (χ1v) is 7.93. The van der Waals surface area contributed by atoms with E-state index in [1.165, 1.54) is 22.2 Å². The summed E-state index contributed by atoms with van der Waals surface area (Å²) in [6.45, 7) is 0.937. The lowest BCUT2D eigenvalue weighted by atomic mass is 9.92. The zero-order chi connectivity index (χ0) is 15.4. The lowest BCUT2D eigenvalue weighted by Gasteiger charge is -2.29. The quantitative estimate of drug-likeness (QED) is 0.644. The molecule has 0 saturated heterocycles. The molecular weight excluding hydrogens is 286 g/mol. The van der Waals surface area contributed by atoms with Crippen LogP contribution in [-0.4, -0.2) is 11.2 Å². The molecule has 0 radical (unpaired) electrons. The highest BCUT2D eigenvalue weighted by molar-refractivity contribution is 5.87. The topological polar surface area (TPSA) is 33.3 Å². The molecule has 0 aliphatic carbocycles. The van der Waals surface area contributed by atoms with Gasteiger partial charge >= 0.3 is 0 Å². The molecule has 1 N–H and O–H groups in total. The molecule has 23 heavy (non-hydrogen) atoms. The first-order chi connectivity index (χ1) is 11.3. The highest BCUT2D eigenvalue weighted by atomic mass is 16.5. The molecule has 112 valence electrons. The Hall–Kier alpha value is -2.81. The van der Waals surface area contributed by atoms with Crippen LogP contribution in [0, 0.1) is 0 Å². The standard InChI is InChI=1S/C20H15NO2/c22-15-7-5-14-11-16-18-8-6-13-3-1-2-4-17(13)21(18)10-9-19(16)23-20(14)12-15/h1-8,11-12,19H,9-10H2/p+1. The van der Waals surface area contributed by atoms with Gasteiger partial charge in [-0.2, -0.15) is 4.57 Å². The number of phenols is 1. The molecule has 0 spiro atoms. The van der Waals surface area contributed by atoms with Gasteiger partial charge in [0.05, 0.1) is 5.57 Å². The summed E-state index contributed by atoms with van der Waals surface area (Å²) in [7, 11) is 0. The van der Waals surface area contributed by atoms with Gasteiger partial charge in [0, 0.05) is 35.6 Å². The van der Waals surface area contributed by atoms with Crippen LogP contribution in [0.15, 0.2) is 54.6 Å². The molecule has 1 unspecified atom stereocenters. The summed E-state index contributed by atoms with van der Waals surface area (Å²) in [6.07, 6.45) is 3.19. The molecule has 2 aliphatic heterocycles. The highest BCUT2D eigenvalue weighted by Crippen LogP contribution is 2.38. The molecule has 0 saturated carbocycles. The van der Waals surface area contributed by atoms with Crippen molar-refractivity contribution in [1.29, 1.82) is 0 Å². The fourth-order valence-electron chi connectivity index (χ4n) is 3.68. The van der Waals surface area contributed by atoms with E-state index in [4.69, 9.17) is 4.74 Å². The minimum atomic E-state index is 0.0606. The smallest absolute Gasteiger partial charge is 0.212 e. The van der Waals surface area contributed by atoms with Crippen LogP contribution in [0.4, 0.5) is 0 Å². The number of pyridine rings is 1. The number of aryl methyl sites for hydroxylation is 1. The maximum absolute atomic E-state index is 9.66. The van der Waals surface area contributed by atoms with Crippen LogP contribution < -0.4 is 9.30 Å². The molecule has 1 aromatic heterocycles. The molecule has 3 nitrogen and oxygen atoms in total. The number of aromatic hydroxyl groups is 1. The number of nitrogens with zero attached hydrogens (tertiary/aromatic N) is 1. The second-order valence-corrected chi connectivity index (χ2v) is 6.15. The number of ether oxygens (including phenoxy) is 1. The monoisotopic (exact) mass is 302 g/mol. The van der Waals surface area contributed by atoms with Crippen molar-refractivity contribution in [3.05, 3.63) is 65.9 Å². The zero-order valence-electron chi connectivity index (χ0n) is 12.6. The van der Waals surface area contributed by atoms with E-state index >= 15 is 0 Å². The van der Waals surface area contributed by atoms with Crippen LogP contribution in [0.2, 0.25) is 0 Å². The van der Waals surface area contributed by atoms with Crippen LogP contribution in [-0.2, 0) is 6.54 Å². The first kappa shape index (κ1) is 12.7. The fourth-order valence-corrected chi connectivity index (χ4v) is 3.68. The predicted molar refractivity (Wildman–Crippen MR) is 89.2 cm³/mol. The number of hydrogen-bond acceptors (Lipinski definition) is 2. The zero-order valence-corrected chi connectivity index (χ0v) is 12.6. The van der Waals surface area contributed by atoms with Crippen LogP contribution in [0.25, 0.3) is 22.6 Å². The lowest BCUT2D eigenvalue weighted by Crippen LogP contribution is -2.47. The average molecular weight is 302 g/mol. The fraction of sp³-hybridized carbons (Fsp3) is 0.150. The third kappa shape index (κ3) is 1.86. The van der Waals surface area contributed by atoms with Gasteiger partial charge in [0.25, 0.3) is 0 Å². The summed E-state index contributed by atoms with van der Waals surface area (Å²) in [5.41, 5.74) is 4.73. The second kappa shape index (κ2) is 4.59. The normalized spacial score (nSPS) is 18.4. The molecule has 1 atom stereocenters. The van der Waals surface area contributed by atoms with E-state index in [-0.39, 0.29) is 11.9 Å². The van der Waals surface area contributed by atoms with Crippen molar-refractivity contribution >= 4 is 22.6 Å². The highest BCUT2D eigenvalue weighted by Gasteiger charge is 2.35. The number of aromatic nitrogens is 1. The van der Waals surface area contributed by atoms with Crippen molar-refractivity contribution in [3.8, 4) is 11.5 Å². The van der Waals surface area contributed by atoms with E-state index in [1.807, 2.05) is 6.07 Å². The predicted octanol–water partition coefficient (Wildman–Crippen LogP) is 3.54. The molecular formula is C20H16NO2+. The number of para-hydroxylation sites is 1. The summed E-state index contributed by atoms with van der Waals surface area (Å²) in [5, 5.41) is 10.9. The van der Waals surface area contributed by atoms with Crippen LogP contribution in [0.5, 0.6) is 11.5 Å². The molecule has 3 heteroatoms. The number of fused-ring (bicyclic) bond motifs is 6. The maximum atomic E-state index is 9.66. The van der Waals surface area contributed by atoms with E-state index in [2.05, 4.69) is 47.0 Å². The van der Waals surface area contributed by atoms with E-state index in [1.54, 1.807) is 12.1 Å². The Kier molecular flexibility index (Phi) is 2.54. The maximum Gasteiger partial charge on any atom is 0.212 e. The number of rotatable bonds is 0. The van der Waals surface area contributed by atoms with Crippen molar-refractivity contribution in [1.82, 2.24) is 0 Å². The summed E-state index contributed by atoms with van der Waals surface area (Å²) in [5.74, 6) is 1.02. The van der Waals surface area contributed by atoms with Crippen molar-refractivity contribution in [3.63, 3.8) is 0 Å². The van der Waals surface area contributed by atoms with Gasteiger partial charge in [-0.1, -0.05) is 12.1 Å². The van der Waals surface area contributed by atoms with Gasteiger partial charge in [-0.15, -0.1) is 0 Å². The Morgan fingerprint density at radius 2 is 1.96 bits per heavy atom. The Bertz CT molecular complexity index is 975. The molecule has 2 aromatic carbocycles. The largest absolute Gasteiger partial charge is 0.508 e. The van der Waals surface area contributed by atoms with Crippen molar-refractivity contribution in [2.75, 3.05) is 0 Å². The second-order valence-electron chi connectivity index (χ2n) is 6.15. The number of benzene rings is 2. The van der Waals surface area contributed by atoms with Gasteiger partial charge in [-0.3, -0.25) is 0 Å². The van der Waals surface area contributed by atoms with Crippen LogP contribution in [0.3, 0.4) is 0 Å². The molecule has 3 aromatic rings. The van der Waals surface area contributed by atoms with E-state index < -0.39 is 0 Å². The first-order valence-electron chi connectivity index (χ1n) is 7.93. The van der Waals surface area contributed by atoms with Crippen LogP contribution in [0.1, 0.15) is 17.7 Å². The van der Waals surface area contributed by atoms with E-state index in [9.17, 15) is 5.11 Å². The molecule has 0 amide bonds. The molecule has 0 fully saturated rings. The van der Waals surface area contributed by atoms with Crippen molar-refractivity contribution in [2.24, 2.45) is 0 Å². The Morgan fingerprint density at radius 1 is 1.04 bits per heavy atom. The minimum Gasteiger partial charge on any atom is -0.508 e. The van der Waals surface area contributed by atoms with Gasteiger partial charge in [0.2, 0.25) is 11.2 Å². The van der Waals surface area contributed by atoms with Crippen molar-refractivity contribution in [2.45, 2.75) is 19.1 Å². The molecule has 3 heterocycles.